The molecule has 0 heterocycles. The third-order valence-electron chi connectivity index (χ3n) is 8.05. The average Bonchev–Trinajstić information content (AvgIpc) is 3.08. The molecule has 0 bridgehead atoms. The van der Waals surface area contributed by atoms with Gasteiger partial charge in [-0.15, -0.1) is 11.8 Å². The van der Waals surface area contributed by atoms with Crippen molar-refractivity contribution in [2.45, 2.75) is 122 Å². The second kappa shape index (κ2) is 19.5. The number of nitrogens with one attached hydrogen (secondary N) is 3. The molecule has 3 rings (SSSR count). The van der Waals surface area contributed by atoms with Crippen LogP contribution in [0.15, 0.2) is 91.0 Å². The molecule has 3 N–H and O–H groups in total. The maximum absolute atomic E-state index is 14.5. The zero-order chi connectivity index (χ0) is 41.0. The second-order valence-corrected chi connectivity index (χ2v) is 18.2. The molecule has 10 nitrogen and oxygen atoms in total. The number of thioether (sulfide) groups is 1. The molecule has 55 heavy (non-hydrogen) atoms. The van der Waals surface area contributed by atoms with Crippen LogP contribution in [0.1, 0.15) is 99.3 Å². The molecule has 0 spiro atoms. The van der Waals surface area contributed by atoms with Crippen LogP contribution in [0.3, 0.4) is 0 Å². The number of carbonyl (C=O) groups is 4. The van der Waals surface area contributed by atoms with E-state index in [2.05, 4.69) is 16.0 Å². The third kappa shape index (κ3) is 14.7. The van der Waals surface area contributed by atoms with Crippen molar-refractivity contribution in [3.63, 3.8) is 0 Å². The van der Waals surface area contributed by atoms with Crippen molar-refractivity contribution < 1.29 is 33.4 Å². The SMILES string of the molecule is CC(C)C[C@H](NC(=O)[C@H](COC(C)(C)C)NC(=O)[C@@H](CSC(c1ccccc1)(c1ccccc1)c1ccccc1)NC(=O)OC(C)(C)C)C(=O)OC(C)(C)C. The van der Waals surface area contributed by atoms with Crippen molar-refractivity contribution in [2.75, 3.05) is 12.4 Å². The first-order valence-electron chi connectivity index (χ1n) is 18.9. The number of benzene rings is 3. The quantitative estimate of drug-likeness (QED) is 0.0994. The second-order valence-electron chi connectivity index (χ2n) is 17.0. The molecule has 0 unspecified atom stereocenters. The van der Waals surface area contributed by atoms with Gasteiger partial charge in [0.05, 0.1) is 17.0 Å². The molecule has 0 aromatic heterocycles. The van der Waals surface area contributed by atoms with Gasteiger partial charge in [0.1, 0.15) is 29.3 Å². The Morgan fingerprint density at radius 3 is 1.38 bits per heavy atom. The molecule has 3 atom stereocenters. The summed E-state index contributed by atoms with van der Waals surface area (Å²) >= 11 is 1.48. The molecule has 0 aliphatic heterocycles. The van der Waals surface area contributed by atoms with Crippen molar-refractivity contribution in [3.8, 4) is 0 Å². The summed E-state index contributed by atoms with van der Waals surface area (Å²) in [6.07, 6.45) is -0.464. The van der Waals surface area contributed by atoms with Gasteiger partial charge in [0.15, 0.2) is 0 Å². The van der Waals surface area contributed by atoms with Crippen molar-refractivity contribution in [1.82, 2.24) is 16.0 Å². The van der Waals surface area contributed by atoms with Gasteiger partial charge in [0.2, 0.25) is 11.8 Å². The van der Waals surface area contributed by atoms with Gasteiger partial charge in [-0.05, 0) is 91.3 Å². The molecule has 0 saturated heterocycles. The lowest BCUT2D eigenvalue weighted by atomic mass is 9.84. The summed E-state index contributed by atoms with van der Waals surface area (Å²) in [4.78, 5) is 55.1. The maximum atomic E-state index is 14.5. The molecule has 11 heteroatoms. The van der Waals surface area contributed by atoms with E-state index < -0.39 is 63.6 Å². The highest BCUT2D eigenvalue weighted by atomic mass is 32.2. The largest absolute Gasteiger partial charge is 0.458 e. The molecule has 0 radical (unpaired) electrons. The first kappa shape index (κ1) is 45.0. The number of esters is 1. The summed E-state index contributed by atoms with van der Waals surface area (Å²) in [5, 5.41) is 8.45. The van der Waals surface area contributed by atoms with Crippen LogP contribution in [0.25, 0.3) is 0 Å². The summed E-state index contributed by atoms with van der Waals surface area (Å²) in [5.74, 6) is -1.69. The molecule has 3 aromatic rings. The number of alkyl carbamates (subject to hydrolysis) is 1. The lowest BCUT2D eigenvalue weighted by molar-refractivity contribution is -0.159. The molecule has 3 aromatic carbocycles. The number of hydrogen-bond donors (Lipinski definition) is 3. The fourth-order valence-electron chi connectivity index (χ4n) is 5.73. The van der Waals surface area contributed by atoms with Crippen molar-refractivity contribution in [1.29, 1.82) is 0 Å². The summed E-state index contributed by atoms with van der Waals surface area (Å²) in [5.41, 5.74) is 0.660. The summed E-state index contributed by atoms with van der Waals surface area (Å²) < 4.78 is 16.5. The molecular weight excluding hydrogens is 715 g/mol. The van der Waals surface area contributed by atoms with E-state index in [0.29, 0.717) is 6.42 Å². The van der Waals surface area contributed by atoms with E-state index in [0.717, 1.165) is 16.7 Å². The highest BCUT2D eigenvalue weighted by Gasteiger charge is 2.40. The van der Waals surface area contributed by atoms with Gasteiger partial charge < -0.3 is 30.2 Å². The average molecular weight is 776 g/mol. The topological polar surface area (TPSA) is 132 Å². The predicted octanol–water partition coefficient (Wildman–Crippen LogP) is 7.78. The van der Waals surface area contributed by atoms with Gasteiger partial charge in [-0.25, -0.2) is 9.59 Å². The van der Waals surface area contributed by atoms with Gasteiger partial charge in [0.25, 0.3) is 0 Å². The fourth-order valence-corrected chi connectivity index (χ4v) is 7.29. The Bertz CT molecular complexity index is 1580. The van der Waals surface area contributed by atoms with E-state index in [-0.39, 0.29) is 18.3 Å². The van der Waals surface area contributed by atoms with Crippen LogP contribution in [0, 0.1) is 5.92 Å². The van der Waals surface area contributed by atoms with Gasteiger partial charge in [0, 0.05) is 5.75 Å². The molecule has 0 saturated carbocycles. The standard InChI is InChI=1S/C44H61N3O7S/c1-30(2)27-34(39(50)53-42(6,7)8)45-37(48)35(28-52-41(3,4)5)46-38(49)36(47-40(51)54-43(9,10)11)29-55-44(31-21-15-12-16-22-31,32-23-17-13-18-24-32)33-25-19-14-20-26-33/h12-26,30,34-36H,27-29H2,1-11H3,(H,45,48)(H,46,49)(H,47,51)/t34-,35-,36+/m0/s1. The first-order valence-corrected chi connectivity index (χ1v) is 19.9. The Balaban J connectivity index is 2.06. The van der Waals surface area contributed by atoms with Gasteiger partial charge in [-0.3, -0.25) is 9.59 Å². The van der Waals surface area contributed by atoms with E-state index >= 15 is 0 Å². The van der Waals surface area contributed by atoms with Crippen LogP contribution in [-0.4, -0.2) is 71.2 Å². The van der Waals surface area contributed by atoms with E-state index in [4.69, 9.17) is 14.2 Å². The summed E-state index contributed by atoms with van der Waals surface area (Å²) in [6.45, 7) is 19.7. The van der Waals surface area contributed by atoms with E-state index in [1.165, 1.54) is 11.8 Å². The van der Waals surface area contributed by atoms with Crippen LogP contribution >= 0.6 is 11.8 Å². The van der Waals surface area contributed by atoms with Crippen molar-refractivity contribution >= 4 is 35.6 Å². The van der Waals surface area contributed by atoms with Crippen molar-refractivity contribution in [2.24, 2.45) is 5.92 Å². The number of amides is 3. The molecule has 300 valence electrons. The Labute approximate surface area is 332 Å². The minimum absolute atomic E-state index is 0.0511. The fraction of sp³-hybridized carbons (Fsp3) is 0.500. The maximum Gasteiger partial charge on any atom is 0.408 e. The minimum Gasteiger partial charge on any atom is -0.458 e. The van der Waals surface area contributed by atoms with Gasteiger partial charge in [-0.2, -0.15) is 0 Å². The number of ether oxygens (including phenoxy) is 3. The van der Waals surface area contributed by atoms with E-state index in [1.807, 2.05) is 126 Å². The van der Waals surface area contributed by atoms with Crippen LogP contribution in [0.2, 0.25) is 0 Å². The first-order chi connectivity index (χ1) is 25.6. The molecule has 0 aliphatic rings. The van der Waals surface area contributed by atoms with Crippen LogP contribution in [0.4, 0.5) is 4.79 Å². The monoisotopic (exact) mass is 775 g/mol. The highest BCUT2D eigenvalue weighted by Crippen LogP contribution is 2.48. The smallest absolute Gasteiger partial charge is 0.408 e. The lowest BCUT2D eigenvalue weighted by Gasteiger charge is -2.36. The molecule has 0 aliphatic carbocycles. The van der Waals surface area contributed by atoms with Crippen LogP contribution in [0.5, 0.6) is 0 Å². The molecule has 3 amide bonds. The zero-order valence-corrected chi connectivity index (χ0v) is 35.2. The Morgan fingerprint density at radius 2 is 0.982 bits per heavy atom. The van der Waals surface area contributed by atoms with Crippen molar-refractivity contribution in [3.05, 3.63) is 108 Å². The number of hydrogen-bond acceptors (Lipinski definition) is 8. The molecular formula is C44H61N3O7S. The van der Waals surface area contributed by atoms with Gasteiger partial charge >= 0.3 is 12.1 Å². The van der Waals surface area contributed by atoms with E-state index in [1.54, 1.807) is 41.5 Å². The Morgan fingerprint density at radius 1 is 0.564 bits per heavy atom. The predicted molar refractivity (Wildman–Crippen MR) is 220 cm³/mol. The summed E-state index contributed by atoms with van der Waals surface area (Å²) in [7, 11) is 0. The number of rotatable bonds is 16. The lowest BCUT2D eigenvalue weighted by Crippen LogP contribution is -2.59. The van der Waals surface area contributed by atoms with E-state index in [9.17, 15) is 19.2 Å². The normalized spacial score (nSPS) is 14.0. The Hall–Kier alpha value is -4.35. The summed E-state index contributed by atoms with van der Waals surface area (Å²) in [6, 6.07) is 26.6. The highest BCUT2D eigenvalue weighted by molar-refractivity contribution is 8.00. The minimum atomic E-state index is -1.22. The Kier molecular flexibility index (Phi) is 16.0. The third-order valence-corrected chi connectivity index (χ3v) is 9.69. The van der Waals surface area contributed by atoms with Crippen LogP contribution < -0.4 is 16.0 Å². The van der Waals surface area contributed by atoms with Gasteiger partial charge in [-0.1, -0.05) is 105 Å². The van der Waals surface area contributed by atoms with Crippen LogP contribution in [-0.2, 0) is 33.3 Å². The molecule has 0 fully saturated rings. The zero-order valence-electron chi connectivity index (χ0n) is 34.4. The number of carbonyl (C=O) groups excluding carboxylic acids is 4.